The lowest BCUT2D eigenvalue weighted by molar-refractivity contribution is -0.616. The Hall–Kier alpha value is -2.32. The van der Waals surface area contributed by atoms with Crippen LogP contribution >= 0.6 is 11.6 Å². The first-order chi connectivity index (χ1) is 13.3. The zero-order chi connectivity index (χ0) is 20.1. The standard InChI is InChI=1S/C19H19ClF3N3O2/c20-16-11-14(4-5-18(16)28-19(21,22)23)12-24-13-25-9-6-15(7-10-25)17-3-1-2-8-26(17)27/h1-5,8,11-12,15H,6-7,9-10,13H2. The summed E-state index contributed by atoms with van der Waals surface area (Å²) in [6.45, 7) is 2.10. The quantitative estimate of drug-likeness (QED) is 0.421. The van der Waals surface area contributed by atoms with E-state index in [1.165, 1.54) is 24.4 Å². The fourth-order valence-corrected chi connectivity index (χ4v) is 3.42. The molecule has 0 amide bonds. The third-order valence-electron chi connectivity index (χ3n) is 4.56. The molecule has 0 N–H and O–H groups in total. The highest BCUT2D eigenvalue weighted by molar-refractivity contribution is 6.32. The van der Waals surface area contributed by atoms with Crippen molar-refractivity contribution in [1.29, 1.82) is 0 Å². The molecule has 1 saturated heterocycles. The van der Waals surface area contributed by atoms with Gasteiger partial charge in [-0.15, -0.1) is 13.2 Å². The molecule has 150 valence electrons. The number of ether oxygens (including phenoxy) is 1. The van der Waals surface area contributed by atoms with Gasteiger partial charge in [0.25, 0.3) is 0 Å². The zero-order valence-corrected chi connectivity index (χ0v) is 15.7. The first kappa shape index (κ1) is 20.4. The third kappa shape index (κ3) is 5.59. The van der Waals surface area contributed by atoms with E-state index in [9.17, 15) is 18.4 Å². The van der Waals surface area contributed by atoms with Crippen molar-refractivity contribution in [3.05, 3.63) is 64.1 Å². The van der Waals surface area contributed by atoms with Gasteiger partial charge in [-0.3, -0.25) is 9.89 Å². The number of nitrogens with zero attached hydrogens (tertiary/aromatic N) is 3. The molecule has 1 aromatic carbocycles. The van der Waals surface area contributed by atoms with E-state index in [0.29, 0.717) is 12.2 Å². The maximum Gasteiger partial charge on any atom is 0.573 e. The number of pyridine rings is 1. The summed E-state index contributed by atoms with van der Waals surface area (Å²) in [5.74, 6) is -0.205. The van der Waals surface area contributed by atoms with Gasteiger partial charge in [0, 0.05) is 37.4 Å². The molecule has 0 atom stereocenters. The van der Waals surface area contributed by atoms with Crippen LogP contribution in [0.25, 0.3) is 0 Å². The molecule has 2 aromatic rings. The molecule has 0 radical (unpaired) electrons. The summed E-state index contributed by atoms with van der Waals surface area (Å²) in [7, 11) is 0. The van der Waals surface area contributed by atoms with Gasteiger partial charge in [-0.1, -0.05) is 17.7 Å². The Balaban J connectivity index is 1.51. The molecule has 1 aliphatic heterocycles. The molecule has 5 nitrogen and oxygen atoms in total. The van der Waals surface area contributed by atoms with Crippen molar-refractivity contribution in [2.24, 2.45) is 4.99 Å². The van der Waals surface area contributed by atoms with Crippen LogP contribution in [-0.2, 0) is 0 Å². The van der Waals surface area contributed by atoms with E-state index in [1.807, 2.05) is 12.1 Å². The van der Waals surface area contributed by atoms with Gasteiger partial charge in [0.1, 0.15) is 5.75 Å². The summed E-state index contributed by atoms with van der Waals surface area (Å²) < 4.78 is 41.5. The SMILES string of the molecule is [O-][n+]1ccccc1C1CCN(CN=Cc2ccc(OC(F)(F)F)c(Cl)c2)CC1. The summed E-state index contributed by atoms with van der Waals surface area (Å²) >= 11 is 5.83. The molecule has 0 aliphatic carbocycles. The van der Waals surface area contributed by atoms with Crippen LogP contribution in [-0.4, -0.2) is 37.2 Å². The van der Waals surface area contributed by atoms with Crippen molar-refractivity contribution < 1.29 is 22.6 Å². The number of benzene rings is 1. The molecule has 28 heavy (non-hydrogen) atoms. The minimum absolute atomic E-state index is 0.129. The van der Waals surface area contributed by atoms with Gasteiger partial charge in [-0.2, -0.15) is 4.73 Å². The van der Waals surface area contributed by atoms with Crippen LogP contribution in [0, 0.1) is 5.21 Å². The van der Waals surface area contributed by atoms with E-state index in [0.717, 1.165) is 36.4 Å². The van der Waals surface area contributed by atoms with Crippen LogP contribution < -0.4 is 9.47 Å². The van der Waals surface area contributed by atoms with Crippen molar-refractivity contribution in [3.8, 4) is 5.75 Å². The van der Waals surface area contributed by atoms with E-state index < -0.39 is 12.1 Å². The number of hydrogen-bond donors (Lipinski definition) is 0. The van der Waals surface area contributed by atoms with Gasteiger partial charge < -0.3 is 9.94 Å². The van der Waals surface area contributed by atoms with E-state index >= 15 is 0 Å². The van der Waals surface area contributed by atoms with Gasteiger partial charge in [0.2, 0.25) is 0 Å². The Morgan fingerprint density at radius 2 is 2.00 bits per heavy atom. The highest BCUT2D eigenvalue weighted by Gasteiger charge is 2.32. The monoisotopic (exact) mass is 413 g/mol. The average molecular weight is 414 g/mol. The summed E-state index contributed by atoms with van der Waals surface area (Å²) in [4.78, 5) is 6.50. The predicted molar refractivity (Wildman–Crippen MR) is 99.5 cm³/mol. The molecule has 1 aliphatic rings. The minimum Gasteiger partial charge on any atom is -0.618 e. The second-order valence-electron chi connectivity index (χ2n) is 6.53. The zero-order valence-electron chi connectivity index (χ0n) is 14.9. The van der Waals surface area contributed by atoms with E-state index in [1.54, 1.807) is 12.3 Å². The molecule has 1 fully saturated rings. The van der Waals surface area contributed by atoms with Gasteiger partial charge in [0.15, 0.2) is 11.9 Å². The first-order valence-electron chi connectivity index (χ1n) is 8.77. The number of piperidine rings is 1. The number of rotatable bonds is 5. The van der Waals surface area contributed by atoms with E-state index in [-0.39, 0.29) is 10.9 Å². The van der Waals surface area contributed by atoms with Gasteiger partial charge in [-0.05, 0) is 36.6 Å². The highest BCUT2D eigenvalue weighted by atomic mass is 35.5. The van der Waals surface area contributed by atoms with Crippen LogP contribution in [0.5, 0.6) is 5.75 Å². The smallest absolute Gasteiger partial charge is 0.573 e. The van der Waals surface area contributed by atoms with Crippen LogP contribution in [0.1, 0.15) is 30.0 Å². The average Bonchev–Trinajstić information content (AvgIpc) is 2.64. The maximum atomic E-state index is 12.3. The first-order valence-corrected chi connectivity index (χ1v) is 9.15. The summed E-state index contributed by atoms with van der Waals surface area (Å²) in [6.07, 6.45) is 0.0466. The number of aromatic nitrogens is 1. The summed E-state index contributed by atoms with van der Waals surface area (Å²) in [5.41, 5.74) is 1.38. The Kier molecular flexibility index (Phi) is 6.41. The third-order valence-corrected chi connectivity index (χ3v) is 4.86. The van der Waals surface area contributed by atoms with E-state index in [2.05, 4.69) is 14.6 Å². The van der Waals surface area contributed by atoms with Gasteiger partial charge >= 0.3 is 6.36 Å². The molecular weight excluding hydrogens is 395 g/mol. The van der Waals surface area contributed by atoms with Gasteiger partial charge in [0.05, 0.1) is 11.7 Å². The Morgan fingerprint density at radius 1 is 1.25 bits per heavy atom. The van der Waals surface area contributed by atoms with Crippen molar-refractivity contribution in [2.75, 3.05) is 19.8 Å². The lowest BCUT2D eigenvalue weighted by atomic mass is 9.93. The number of halogens is 4. The predicted octanol–water partition coefficient (Wildman–Crippen LogP) is 4.13. The van der Waals surface area contributed by atoms with Crippen LogP contribution in [0.15, 0.2) is 47.6 Å². The topological polar surface area (TPSA) is 51.8 Å². The molecule has 0 bridgehead atoms. The second kappa shape index (κ2) is 8.79. The molecule has 1 aromatic heterocycles. The van der Waals surface area contributed by atoms with Crippen molar-refractivity contribution in [1.82, 2.24) is 4.90 Å². The Labute approximate surface area is 165 Å². The lowest BCUT2D eigenvalue weighted by Gasteiger charge is -2.29. The van der Waals surface area contributed by atoms with Crippen molar-refractivity contribution in [3.63, 3.8) is 0 Å². The molecular formula is C19H19ClF3N3O2. The fraction of sp³-hybridized carbons (Fsp3) is 0.368. The Morgan fingerprint density at radius 3 is 2.64 bits per heavy atom. The summed E-state index contributed by atoms with van der Waals surface area (Å²) in [6, 6.07) is 9.46. The van der Waals surface area contributed by atoms with Crippen LogP contribution in [0.3, 0.4) is 0 Å². The second-order valence-corrected chi connectivity index (χ2v) is 6.94. The molecule has 9 heteroatoms. The van der Waals surface area contributed by atoms with Crippen molar-refractivity contribution in [2.45, 2.75) is 25.1 Å². The number of aliphatic imine (C=N–C) groups is 1. The molecule has 0 saturated carbocycles. The molecule has 0 unspecified atom stereocenters. The molecule has 2 heterocycles. The fourth-order valence-electron chi connectivity index (χ4n) is 3.19. The molecule has 3 rings (SSSR count). The Bertz CT molecular complexity index is 837. The van der Waals surface area contributed by atoms with E-state index in [4.69, 9.17) is 11.6 Å². The largest absolute Gasteiger partial charge is 0.618 e. The normalized spacial score (nSPS) is 16.6. The van der Waals surface area contributed by atoms with Gasteiger partial charge in [-0.25, -0.2) is 0 Å². The number of likely N-dealkylation sites (tertiary alicyclic amines) is 1. The highest BCUT2D eigenvalue weighted by Crippen LogP contribution is 2.30. The number of alkyl halides is 3. The van der Waals surface area contributed by atoms with Crippen LogP contribution in [0.2, 0.25) is 5.02 Å². The van der Waals surface area contributed by atoms with Crippen molar-refractivity contribution >= 4 is 17.8 Å². The molecule has 0 spiro atoms. The minimum atomic E-state index is -4.78. The maximum absolute atomic E-state index is 12.3. The summed E-state index contributed by atoms with van der Waals surface area (Å²) in [5, 5.41) is 11.7. The van der Waals surface area contributed by atoms with Crippen LogP contribution in [0.4, 0.5) is 13.2 Å². The lowest BCUT2D eigenvalue weighted by Crippen LogP contribution is -2.38. The number of hydrogen-bond acceptors (Lipinski definition) is 4.